The van der Waals surface area contributed by atoms with Gasteiger partial charge in [0.25, 0.3) is 0 Å². The van der Waals surface area contributed by atoms with Gasteiger partial charge in [-0.25, -0.2) is 0 Å². The van der Waals surface area contributed by atoms with Gasteiger partial charge in [0, 0.05) is 6.92 Å². The summed E-state index contributed by atoms with van der Waals surface area (Å²) in [5, 5.41) is 2.28. The van der Waals surface area contributed by atoms with Crippen LogP contribution >= 0.6 is 23.2 Å². The molecule has 35 heavy (non-hydrogen) atoms. The molecule has 192 valence electrons. The minimum atomic E-state index is -3.60. The summed E-state index contributed by atoms with van der Waals surface area (Å²) in [4.78, 5) is 13.6. The summed E-state index contributed by atoms with van der Waals surface area (Å²) < 4.78 is 32.0. The number of imidazole rings is 1. The maximum atomic E-state index is 12.0. The summed E-state index contributed by atoms with van der Waals surface area (Å²) in [6, 6.07) is 3.81. The molecule has 0 bridgehead atoms. The first-order valence-corrected chi connectivity index (χ1v) is 15.9. The van der Waals surface area contributed by atoms with E-state index in [0.717, 1.165) is 42.9 Å². The predicted molar refractivity (Wildman–Crippen MR) is 137 cm³/mol. The predicted octanol–water partition coefficient (Wildman–Crippen LogP) is 0.572. The number of unbranched alkanes of at least 4 members (excludes halogenated alkanes) is 1. The number of allylic oxidation sites excluding steroid dienone is 3. The molecule has 1 saturated heterocycles. The molecule has 0 unspecified atom stereocenters. The molecule has 7 nitrogen and oxygen atoms in total. The van der Waals surface area contributed by atoms with Crippen molar-refractivity contribution in [1.29, 1.82) is 0 Å². The fourth-order valence-electron chi connectivity index (χ4n) is 4.57. The maximum Gasteiger partial charge on any atom is -1.00 e. The van der Waals surface area contributed by atoms with Crippen molar-refractivity contribution in [3.8, 4) is 0 Å². The van der Waals surface area contributed by atoms with Gasteiger partial charge >= 0.3 is 200 Å². The second-order valence-electron chi connectivity index (χ2n) is 8.44. The summed E-state index contributed by atoms with van der Waals surface area (Å²) >= 11 is 13.2. The van der Waals surface area contributed by atoms with E-state index in [-0.39, 0.29) is 29.7 Å². The van der Waals surface area contributed by atoms with Crippen LogP contribution in [0.5, 0.6) is 0 Å². The van der Waals surface area contributed by atoms with E-state index in [4.69, 9.17) is 23.2 Å². The fourth-order valence-corrected chi connectivity index (χ4v) is 8.29. The number of carbonyl (C=O) groups excluding carboxylic acids is 1. The standard InChI is InChI=1S/C23H28Cl2N4O3SSe.HI/c1-3-27-11-13-34-22(27)7-6-17-8-10-29-21-15-19(25)18(24)14-20(21)28(23(17)29)9-4-5-12-33(31,32)26-16(2)30;/h6-7,14-15H,3-5,8-13H2,1-2H3;1H. The van der Waals surface area contributed by atoms with Crippen LogP contribution in [0.25, 0.3) is 16.6 Å². The summed E-state index contributed by atoms with van der Waals surface area (Å²) in [5.41, 5.74) is 3.29. The topological polar surface area (TPSA) is 75.3 Å². The molecule has 2 aliphatic rings. The molecule has 2 aromatic rings. The Labute approximate surface area is 240 Å². The van der Waals surface area contributed by atoms with Crippen LogP contribution in [0, 0.1) is 0 Å². The van der Waals surface area contributed by atoms with Crippen molar-refractivity contribution in [2.24, 2.45) is 0 Å². The molecule has 3 heterocycles. The van der Waals surface area contributed by atoms with Crippen molar-refractivity contribution in [3.63, 3.8) is 0 Å². The normalized spacial score (nSPS) is 17.9. The maximum absolute atomic E-state index is 12.0. The average Bonchev–Trinajstić information content (AvgIpc) is 3.45. The van der Waals surface area contributed by atoms with Gasteiger partial charge < -0.3 is 24.0 Å². The molecule has 1 fully saturated rings. The molecule has 1 amide bonds. The first kappa shape index (κ1) is 28.8. The third-order valence-corrected chi connectivity index (χ3v) is 10.5. The van der Waals surface area contributed by atoms with Crippen molar-refractivity contribution in [1.82, 2.24) is 14.2 Å². The van der Waals surface area contributed by atoms with E-state index in [1.54, 1.807) is 0 Å². The molecule has 12 heteroatoms. The van der Waals surface area contributed by atoms with E-state index < -0.39 is 15.9 Å². The van der Waals surface area contributed by atoms with Gasteiger partial charge in [0.1, 0.15) is 0 Å². The number of halogens is 3. The molecule has 1 aromatic heterocycles. The Morgan fingerprint density at radius 1 is 1.20 bits per heavy atom. The Hall–Kier alpha value is -0.781. The van der Waals surface area contributed by atoms with Gasteiger partial charge in [0.05, 0.1) is 0 Å². The van der Waals surface area contributed by atoms with Gasteiger partial charge in [0.2, 0.25) is 5.91 Å². The third kappa shape index (κ3) is 6.57. The molecule has 0 radical (unpaired) electrons. The van der Waals surface area contributed by atoms with Gasteiger partial charge in [-0.3, -0.25) is 4.79 Å². The van der Waals surface area contributed by atoms with E-state index in [1.165, 1.54) is 22.4 Å². The van der Waals surface area contributed by atoms with Crippen molar-refractivity contribution >= 4 is 70.7 Å². The van der Waals surface area contributed by atoms with Gasteiger partial charge in [-0.2, -0.15) is 0 Å². The smallest absolute Gasteiger partial charge is 1.00 e. The summed E-state index contributed by atoms with van der Waals surface area (Å²) in [7, 11) is -3.60. The van der Waals surface area contributed by atoms with Crippen LogP contribution in [-0.4, -0.2) is 57.6 Å². The second-order valence-corrected chi connectivity index (χ2v) is 13.4. The number of sulfonamides is 1. The number of nitrogens with zero attached hydrogens (tertiary/aromatic N) is 3. The number of hydrogen-bond donors (Lipinski definition) is 1. The van der Waals surface area contributed by atoms with Crippen molar-refractivity contribution < 1.29 is 41.8 Å². The first-order valence-electron chi connectivity index (χ1n) is 11.4. The van der Waals surface area contributed by atoms with Gasteiger partial charge in [-0.15, -0.1) is 0 Å². The number of rotatable bonds is 8. The van der Waals surface area contributed by atoms with Gasteiger partial charge in [-0.1, -0.05) is 0 Å². The summed E-state index contributed by atoms with van der Waals surface area (Å²) in [5.74, 6) is 0.479. The van der Waals surface area contributed by atoms with E-state index in [1.807, 2.05) is 16.9 Å². The number of hydrogen-bond acceptors (Lipinski definition) is 4. The van der Waals surface area contributed by atoms with Crippen LogP contribution in [-0.2, 0) is 27.9 Å². The minimum Gasteiger partial charge on any atom is -1.00 e. The zero-order chi connectivity index (χ0) is 24.5. The summed E-state index contributed by atoms with van der Waals surface area (Å²) in [6.45, 7) is 7.09. The Kier molecular flexibility index (Phi) is 10.0. The van der Waals surface area contributed by atoms with Crippen LogP contribution in [0.3, 0.4) is 0 Å². The Morgan fingerprint density at radius 2 is 1.94 bits per heavy atom. The quantitative estimate of drug-likeness (QED) is 0.188. The van der Waals surface area contributed by atoms with E-state index in [0.29, 0.717) is 44.4 Å². The number of nitrogens with one attached hydrogen (secondary N) is 1. The first-order chi connectivity index (χ1) is 16.2. The zero-order valence-corrected chi connectivity index (χ0v) is 25.9. The molecule has 4 rings (SSSR count). The molecule has 2 aliphatic heterocycles. The number of carbonyl (C=O) groups is 1. The zero-order valence-electron chi connectivity index (χ0n) is 19.7. The Bertz CT molecular complexity index is 1290. The van der Waals surface area contributed by atoms with E-state index in [9.17, 15) is 13.2 Å². The van der Waals surface area contributed by atoms with E-state index in [2.05, 4.69) is 33.1 Å². The van der Waals surface area contributed by atoms with Crippen LogP contribution < -0.4 is 33.3 Å². The van der Waals surface area contributed by atoms with Gasteiger partial charge in [-0.05, 0) is 0 Å². The number of aryl methyl sites for hydroxylation is 2. The van der Waals surface area contributed by atoms with Crippen molar-refractivity contribution in [3.05, 3.63) is 44.7 Å². The van der Waals surface area contributed by atoms with Crippen molar-refractivity contribution in [2.75, 3.05) is 18.8 Å². The van der Waals surface area contributed by atoms with Gasteiger partial charge in [0.15, 0.2) is 0 Å². The monoisotopic (exact) mass is 718 g/mol. The van der Waals surface area contributed by atoms with Crippen LogP contribution in [0.4, 0.5) is 0 Å². The van der Waals surface area contributed by atoms with Crippen LogP contribution in [0.15, 0.2) is 28.9 Å². The molecule has 0 aliphatic carbocycles. The largest absolute Gasteiger partial charge is 1.00 e. The molecule has 0 spiro atoms. The number of aromatic nitrogens is 2. The Morgan fingerprint density at radius 3 is 2.66 bits per heavy atom. The summed E-state index contributed by atoms with van der Waals surface area (Å²) in [6.07, 6.45) is 6.57. The fraction of sp³-hybridized carbons (Fsp3) is 0.478. The third-order valence-electron chi connectivity index (χ3n) is 6.08. The molecule has 1 aromatic carbocycles. The average molecular weight is 718 g/mol. The van der Waals surface area contributed by atoms with Crippen LogP contribution in [0.2, 0.25) is 15.4 Å². The molecular weight excluding hydrogens is 689 g/mol. The number of fused-ring (bicyclic) bond motifs is 3. The molecule has 0 saturated carbocycles. The minimum absolute atomic E-state index is 0. The molecular formula is C23H29Cl2IN4O3SSe. The number of amides is 1. The molecule has 0 atom stereocenters. The second kappa shape index (κ2) is 12.2. The number of benzene rings is 1. The SMILES string of the molecule is CCN1CC[Se]C1=CC=C1CCn2c1[n+](CCCCS(=O)(=O)NC(C)=O)c1cc(Cl)c(Cl)cc12.[I-]. The molecule has 1 N–H and O–H groups in total. The van der Waals surface area contributed by atoms with Crippen molar-refractivity contribution in [2.45, 2.75) is 51.5 Å². The van der Waals surface area contributed by atoms with E-state index >= 15 is 0 Å². The Balaban J connectivity index is 0.00000342. The van der Waals surface area contributed by atoms with Crippen LogP contribution in [0.1, 0.15) is 38.9 Å².